The zero-order valence-corrected chi connectivity index (χ0v) is 16.2. The molecule has 6 nitrogen and oxygen atoms in total. The largest absolute Gasteiger partial charge is 0.417 e. The molecule has 0 spiro atoms. The fourth-order valence-electron chi connectivity index (χ4n) is 2.64. The van der Waals surface area contributed by atoms with E-state index in [2.05, 4.69) is 14.8 Å². The van der Waals surface area contributed by atoms with E-state index in [-0.39, 0.29) is 15.9 Å². The molecule has 2 aromatic heterocycles. The van der Waals surface area contributed by atoms with Gasteiger partial charge in [-0.25, -0.2) is 9.67 Å². The van der Waals surface area contributed by atoms with Gasteiger partial charge in [0.2, 0.25) is 0 Å². The van der Waals surface area contributed by atoms with Gasteiger partial charge in [0.05, 0.1) is 16.8 Å². The third kappa shape index (κ3) is 4.12. The maximum atomic E-state index is 12.8. The SMILES string of the molecule is Cc1cc(C)cc(NS(=O)(=O)c2ccnn2-c2ncc(C(F)(F)F)cc2Cl)c1. The van der Waals surface area contributed by atoms with Crippen LogP contribution in [0.5, 0.6) is 0 Å². The zero-order valence-electron chi connectivity index (χ0n) is 14.6. The summed E-state index contributed by atoms with van der Waals surface area (Å²) in [6, 6.07) is 7.04. The fourth-order valence-corrected chi connectivity index (χ4v) is 4.02. The summed E-state index contributed by atoms with van der Waals surface area (Å²) in [6.07, 6.45) is -2.87. The van der Waals surface area contributed by atoms with E-state index in [1.807, 2.05) is 19.9 Å². The molecule has 148 valence electrons. The van der Waals surface area contributed by atoms with Gasteiger partial charge in [0.1, 0.15) is 0 Å². The summed E-state index contributed by atoms with van der Waals surface area (Å²) < 4.78 is 67.3. The van der Waals surface area contributed by atoms with Crippen molar-refractivity contribution in [3.63, 3.8) is 0 Å². The molecule has 0 bridgehead atoms. The molecule has 0 unspecified atom stereocenters. The maximum absolute atomic E-state index is 12.8. The molecule has 0 amide bonds. The predicted octanol–water partition coefficient (Wildman–Crippen LogP) is 4.36. The number of benzene rings is 1. The number of hydrogen-bond acceptors (Lipinski definition) is 4. The minimum atomic E-state index is -4.63. The normalized spacial score (nSPS) is 12.2. The molecule has 3 aromatic rings. The number of hydrogen-bond donors (Lipinski definition) is 1. The number of pyridine rings is 1. The van der Waals surface area contributed by atoms with Crippen LogP contribution in [-0.4, -0.2) is 23.2 Å². The van der Waals surface area contributed by atoms with Crippen LogP contribution in [0, 0.1) is 13.8 Å². The highest BCUT2D eigenvalue weighted by atomic mass is 35.5. The van der Waals surface area contributed by atoms with Gasteiger partial charge in [0.25, 0.3) is 10.0 Å². The Morgan fingerprint density at radius 1 is 1.11 bits per heavy atom. The van der Waals surface area contributed by atoms with Crippen molar-refractivity contribution >= 4 is 27.3 Å². The van der Waals surface area contributed by atoms with E-state index >= 15 is 0 Å². The molecule has 1 N–H and O–H groups in total. The number of aryl methyl sites for hydroxylation is 2. The van der Waals surface area contributed by atoms with Gasteiger partial charge < -0.3 is 0 Å². The first-order valence-corrected chi connectivity index (χ1v) is 9.72. The van der Waals surface area contributed by atoms with Crippen molar-refractivity contribution < 1.29 is 21.6 Å². The van der Waals surface area contributed by atoms with Crippen LogP contribution < -0.4 is 4.72 Å². The molecule has 0 saturated carbocycles. The average Bonchev–Trinajstić information content (AvgIpc) is 3.02. The summed E-state index contributed by atoms with van der Waals surface area (Å²) in [5.41, 5.74) is 1.01. The molecule has 0 aliphatic carbocycles. The second kappa shape index (κ2) is 7.10. The van der Waals surface area contributed by atoms with E-state index in [1.54, 1.807) is 12.1 Å². The minimum Gasteiger partial charge on any atom is -0.278 e. The number of nitrogens with one attached hydrogen (secondary N) is 1. The van der Waals surface area contributed by atoms with Crippen molar-refractivity contribution in [2.75, 3.05) is 4.72 Å². The van der Waals surface area contributed by atoms with Gasteiger partial charge in [-0.1, -0.05) is 17.7 Å². The van der Waals surface area contributed by atoms with Crippen molar-refractivity contribution in [1.82, 2.24) is 14.8 Å². The second-order valence-electron chi connectivity index (χ2n) is 6.09. The number of nitrogens with zero attached hydrogens (tertiary/aromatic N) is 3. The summed E-state index contributed by atoms with van der Waals surface area (Å²) in [4.78, 5) is 3.65. The first-order valence-electron chi connectivity index (χ1n) is 7.85. The number of aromatic nitrogens is 3. The third-order valence-electron chi connectivity index (χ3n) is 3.71. The van der Waals surface area contributed by atoms with Crippen LogP contribution in [0.2, 0.25) is 5.02 Å². The number of rotatable bonds is 4. The lowest BCUT2D eigenvalue weighted by atomic mass is 10.1. The molecule has 3 rings (SSSR count). The molecule has 1 aromatic carbocycles. The van der Waals surface area contributed by atoms with Gasteiger partial charge >= 0.3 is 6.18 Å². The Kier molecular flexibility index (Phi) is 5.11. The quantitative estimate of drug-likeness (QED) is 0.667. The molecule has 0 aliphatic heterocycles. The molecule has 0 saturated heterocycles. The molecule has 28 heavy (non-hydrogen) atoms. The molecular weight excluding hydrogens is 417 g/mol. The lowest BCUT2D eigenvalue weighted by Gasteiger charge is -2.13. The molecule has 0 radical (unpaired) electrons. The first-order chi connectivity index (χ1) is 13.0. The van der Waals surface area contributed by atoms with Crippen LogP contribution in [0.1, 0.15) is 16.7 Å². The Balaban J connectivity index is 2.02. The van der Waals surface area contributed by atoms with Gasteiger partial charge in [-0.2, -0.15) is 26.7 Å². The number of anilines is 1. The number of alkyl halides is 3. The minimum absolute atomic E-state index is 0.236. The third-order valence-corrected chi connectivity index (χ3v) is 5.35. The van der Waals surface area contributed by atoms with Crippen molar-refractivity contribution in [1.29, 1.82) is 0 Å². The molecule has 2 heterocycles. The van der Waals surface area contributed by atoms with Crippen LogP contribution >= 0.6 is 11.6 Å². The summed E-state index contributed by atoms with van der Waals surface area (Å²) >= 11 is 5.91. The van der Waals surface area contributed by atoms with E-state index < -0.39 is 21.8 Å². The second-order valence-corrected chi connectivity index (χ2v) is 8.13. The van der Waals surface area contributed by atoms with Crippen LogP contribution in [0.3, 0.4) is 0 Å². The Bertz CT molecular complexity index is 1120. The Morgan fingerprint density at radius 2 is 1.75 bits per heavy atom. The Morgan fingerprint density at radius 3 is 2.32 bits per heavy atom. The van der Waals surface area contributed by atoms with E-state index in [1.165, 1.54) is 12.3 Å². The lowest BCUT2D eigenvalue weighted by Crippen LogP contribution is -2.18. The van der Waals surface area contributed by atoms with Gasteiger partial charge in [0.15, 0.2) is 10.8 Å². The van der Waals surface area contributed by atoms with Crippen molar-refractivity contribution in [2.45, 2.75) is 25.0 Å². The van der Waals surface area contributed by atoms with E-state index in [4.69, 9.17) is 11.6 Å². The first kappa shape index (κ1) is 20.2. The van der Waals surface area contributed by atoms with Gasteiger partial charge in [-0.3, -0.25) is 4.72 Å². The van der Waals surface area contributed by atoms with Crippen LogP contribution in [-0.2, 0) is 16.2 Å². The van der Waals surface area contributed by atoms with Gasteiger partial charge in [-0.15, -0.1) is 0 Å². The van der Waals surface area contributed by atoms with Crippen molar-refractivity contribution in [3.05, 3.63) is 64.4 Å². The summed E-state index contributed by atoms with van der Waals surface area (Å²) in [5, 5.41) is 3.15. The average molecular weight is 431 g/mol. The van der Waals surface area contributed by atoms with Crippen LogP contribution in [0.4, 0.5) is 18.9 Å². The highest BCUT2D eigenvalue weighted by Crippen LogP contribution is 2.32. The summed E-state index contributed by atoms with van der Waals surface area (Å²) in [6.45, 7) is 3.64. The highest BCUT2D eigenvalue weighted by molar-refractivity contribution is 7.92. The Labute approximate surface area is 164 Å². The smallest absolute Gasteiger partial charge is 0.278 e. The Hall–Kier alpha value is -2.59. The summed E-state index contributed by atoms with van der Waals surface area (Å²) in [5.74, 6) is -0.236. The topological polar surface area (TPSA) is 76.9 Å². The highest BCUT2D eigenvalue weighted by Gasteiger charge is 2.32. The van der Waals surface area contributed by atoms with E-state index in [0.717, 1.165) is 15.8 Å². The molecule has 11 heteroatoms. The zero-order chi connectivity index (χ0) is 20.7. The number of halogens is 4. The molecule has 0 fully saturated rings. The van der Waals surface area contributed by atoms with Crippen LogP contribution in [0.25, 0.3) is 5.82 Å². The molecule has 0 atom stereocenters. The van der Waals surface area contributed by atoms with Crippen LogP contribution in [0.15, 0.2) is 47.8 Å². The lowest BCUT2D eigenvalue weighted by molar-refractivity contribution is -0.137. The van der Waals surface area contributed by atoms with E-state index in [9.17, 15) is 21.6 Å². The monoisotopic (exact) mass is 430 g/mol. The van der Waals surface area contributed by atoms with E-state index in [0.29, 0.717) is 18.0 Å². The van der Waals surface area contributed by atoms with Gasteiger partial charge in [-0.05, 0) is 49.2 Å². The summed E-state index contributed by atoms with van der Waals surface area (Å²) in [7, 11) is -4.11. The van der Waals surface area contributed by atoms with Crippen molar-refractivity contribution in [2.24, 2.45) is 0 Å². The number of sulfonamides is 1. The van der Waals surface area contributed by atoms with Gasteiger partial charge in [0, 0.05) is 11.9 Å². The standard InChI is InChI=1S/C17H14ClF3N4O2S/c1-10-5-11(2)7-13(6-10)24-28(26,27)15-3-4-23-25(15)16-14(18)8-12(9-22-16)17(19,20)21/h3-9,24H,1-2H3. The molecular formula is C17H14ClF3N4O2S. The molecule has 0 aliphatic rings. The fraction of sp³-hybridized carbons (Fsp3) is 0.176. The maximum Gasteiger partial charge on any atom is 0.417 e. The van der Waals surface area contributed by atoms with Crippen molar-refractivity contribution in [3.8, 4) is 5.82 Å². The predicted molar refractivity (Wildman–Crippen MR) is 98.1 cm³/mol.